The molecule has 0 fully saturated rings. The predicted molar refractivity (Wildman–Crippen MR) is 66.1 cm³/mol. The molecular weight excluding hydrogens is 319 g/mol. The molecule has 0 aliphatic rings. The first kappa shape index (κ1) is 17.8. The molecule has 3 N–H and O–H groups in total. The van der Waals surface area contributed by atoms with E-state index in [9.17, 15) is 30.4 Å². The summed E-state index contributed by atoms with van der Waals surface area (Å²) in [6, 6.07) is 3.64. The van der Waals surface area contributed by atoms with E-state index in [4.69, 9.17) is 5.73 Å². The Bertz CT molecular complexity index is 587. The van der Waals surface area contributed by atoms with Crippen LogP contribution in [0.5, 0.6) is 0 Å². The van der Waals surface area contributed by atoms with Crippen LogP contribution >= 0.6 is 0 Å². The molecule has 0 saturated carbocycles. The van der Waals surface area contributed by atoms with Crippen LogP contribution in [0.3, 0.4) is 0 Å². The van der Waals surface area contributed by atoms with Gasteiger partial charge in [0.1, 0.15) is 0 Å². The molecule has 21 heavy (non-hydrogen) atoms. The first-order valence-electron chi connectivity index (χ1n) is 5.66. The highest BCUT2D eigenvalue weighted by atomic mass is 32.2. The molecule has 0 heterocycles. The molecule has 0 bridgehead atoms. The topological polar surface area (TPSA) is 72.2 Å². The number of hydrogen-bond acceptors (Lipinski definition) is 3. The van der Waals surface area contributed by atoms with Gasteiger partial charge in [-0.05, 0) is 11.6 Å². The van der Waals surface area contributed by atoms with Gasteiger partial charge in [0.2, 0.25) is 10.0 Å². The Morgan fingerprint density at radius 1 is 1.14 bits per heavy atom. The second kappa shape index (κ2) is 6.24. The summed E-state index contributed by atoms with van der Waals surface area (Å²) >= 11 is 0. The summed E-state index contributed by atoms with van der Waals surface area (Å²) in [5.41, 5.74) is 3.58. The molecular formula is C11H13F5N2O2S. The van der Waals surface area contributed by atoms with Crippen LogP contribution in [0.15, 0.2) is 24.3 Å². The minimum Gasteiger partial charge on any atom is -0.325 e. The number of hydrogen-bond donors (Lipinski definition) is 2. The van der Waals surface area contributed by atoms with Gasteiger partial charge in [0.15, 0.2) is 0 Å². The van der Waals surface area contributed by atoms with E-state index in [0.29, 0.717) is 6.07 Å². The van der Waals surface area contributed by atoms with Crippen LogP contribution in [0.25, 0.3) is 0 Å². The fourth-order valence-corrected chi connectivity index (χ4v) is 2.55. The average Bonchev–Trinajstić information content (AvgIpc) is 2.36. The molecule has 0 aromatic heterocycles. The summed E-state index contributed by atoms with van der Waals surface area (Å²) in [5.74, 6) is -4.25. The molecule has 4 nitrogen and oxygen atoms in total. The van der Waals surface area contributed by atoms with Crippen molar-refractivity contribution in [3.05, 3.63) is 35.4 Å². The molecule has 0 radical (unpaired) electrons. The first-order chi connectivity index (χ1) is 9.45. The van der Waals surface area contributed by atoms with Crippen LogP contribution in [0.4, 0.5) is 22.0 Å². The van der Waals surface area contributed by atoms with Gasteiger partial charge in [-0.1, -0.05) is 18.2 Å². The van der Waals surface area contributed by atoms with E-state index in [-0.39, 0.29) is 5.56 Å². The van der Waals surface area contributed by atoms with E-state index in [0.717, 1.165) is 18.2 Å². The molecule has 0 saturated heterocycles. The minimum atomic E-state index is -4.61. The first-order valence-corrected chi connectivity index (χ1v) is 7.32. The number of rotatable bonds is 6. The van der Waals surface area contributed by atoms with E-state index >= 15 is 0 Å². The molecule has 0 atom stereocenters. The van der Waals surface area contributed by atoms with Gasteiger partial charge < -0.3 is 5.73 Å². The van der Waals surface area contributed by atoms with E-state index in [1.165, 1.54) is 0 Å². The highest BCUT2D eigenvalue weighted by Gasteiger charge is 2.31. The summed E-state index contributed by atoms with van der Waals surface area (Å²) in [6.45, 7) is -2.25. The van der Waals surface area contributed by atoms with Gasteiger partial charge in [0, 0.05) is 0 Å². The van der Waals surface area contributed by atoms with E-state index < -0.39 is 46.5 Å². The normalized spacial score (nSPS) is 13.4. The van der Waals surface area contributed by atoms with Crippen molar-refractivity contribution < 1.29 is 30.4 Å². The highest BCUT2D eigenvalue weighted by Crippen LogP contribution is 2.29. The lowest BCUT2D eigenvalue weighted by Gasteiger charge is -2.15. The van der Waals surface area contributed by atoms with Crippen LogP contribution < -0.4 is 10.5 Å². The van der Waals surface area contributed by atoms with Crippen molar-refractivity contribution in [3.8, 4) is 0 Å². The van der Waals surface area contributed by atoms with E-state index in [1.54, 1.807) is 4.72 Å². The van der Waals surface area contributed by atoms with Crippen molar-refractivity contribution in [2.75, 3.05) is 13.1 Å². The zero-order chi connectivity index (χ0) is 16.3. The van der Waals surface area contributed by atoms with Crippen LogP contribution in [0, 0.1) is 0 Å². The number of nitrogens with one attached hydrogen (secondary N) is 1. The molecule has 0 spiro atoms. The molecule has 120 valence electrons. The minimum absolute atomic E-state index is 0.159. The number of halogens is 5. The van der Waals surface area contributed by atoms with Gasteiger partial charge in [-0.15, -0.1) is 0 Å². The lowest BCUT2D eigenvalue weighted by molar-refractivity contribution is -0.137. The van der Waals surface area contributed by atoms with Crippen LogP contribution in [0.1, 0.15) is 11.1 Å². The maximum atomic E-state index is 12.8. The van der Waals surface area contributed by atoms with Gasteiger partial charge >= 0.3 is 6.18 Å². The maximum absolute atomic E-state index is 12.8. The van der Waals surface area contributed by atoms with E-state index in [1.807, 2.05) is 0 Å². The average molecular weight is 332 g/mol. The molecule has 1 aromatic rings. The van der Waals surface area contributed by atoms with Crippen molar-refractivity contribution in [1.29, 1.82) is 0 Å². The third-order valence-electron chi connectivity index (χ3n) is 2.46. The second-order valence-electron chi connectivity index (χ2n) is 4.34. The summed E-state index contributed by atoms with van der Waals surface area (Å²) in [5, 5.41) is 0. The second-order valence-corrected chi connectivity index (χ2v) is 6.15. The summed E-state index contributed by atoms with van der Waals surface area (Å²) in [4.78, 5) is 0. The van der Waals surface area contributed by atoms with Gasteiger partial charge in [-0.3, -0.25) is 0 Å². The fourth-order valence-electron chi connectivity index (χ4n) is 1.40. The monoisotopic (exact) mass is 332 g/mol. The Kier molecular flexibility index (Phi) is 5.29. The quantitative estimate of drug-likeness (QED) is 0.779. The van der Waals surface area contributed by atoms with Crippen molar-refractivity contribution in [1.82, 2.24) is 4.72 Å². The van der Waals surface area contributed by atoms with Crippen LogP contribution in [-0.2, 0) is 22.0 Å². The smallest absolute Gasteiger partial charge is 0.325 e. The molecule has 0 aliphatic heterocycles. The van der Waals surface area contributed by atoms with Crippen LogP contribution in [0.2, 0.25) is 0 Å². The zero-order valence-corrected chi connectivity index (χ0v) is 11.4. The molecule has 0 unspecified atom stereocenters. The maximum Gasteiger partial charge on any atom is 0.416 e. The third-order valence-corrected chi connectivity index (χ3v) is 3.76. The van der Waals surface area contributed by atoms with Gasteiger partial charge in [-0.25, -0.2) is 21.9 Å². The van der Waals surface area contributed by atoms with Gasteiger partial charge in [0.25, 0.3) is 5.92 Å². The standard InChI is InChI=1S/C11H13F5N2O2S/c12-10(13,6-17)7-18-21(19,20)5-8-2-1-3-9(4-8)11(14,15)16/h1-4,18H,5-7,17H2. The fraction of sp³-hybridized carbons (Fsp3) is 0.455. The third kappa shape index (κ3) is 5.94. The summed E-state index contributed by atoms with van der Waals surface area (Å²) in [7, 11) is -4.19. The lowest BCUT2D eigenvalue weighted by Crippen LogP contribution is -2.41. The molecule has 0 aliphatic carbocycles. The largest absolute Gasteiger partial charge is 0.416 e. The molecule has 1 rings (SSSR count). The Balaban J connectivity index is 2.81. The van der Waals surface area contributed by atoms with Gasteiger partial charge in [-0.2, -0.15) is 13.2 Å². The number of sulfonamides is 1. The number of nitrogens with two attached hydrogens (primary N) is 1. The lowest BCUT2D eigenvalue weighted by atomic mass is 10.1. The highest BCUT2D eigenvalue weighted by molar-refractivity contribution is 7.88. The van der Waals surface area contributed by atoms with Crippen LogP contribution in [-0.4, -0.2) is 27.4 Å². The Hall–Kier alpha value is -1.26. The summed E-state index contributed by atoms with van der Waals surface area (Å²) < 4.78 is 87.8. The zero-order valence-electron chi connectivity index (χ0n) is 10.6. The number of alkyl halides is 5. The van der Waals surface area contributed by atoms with Gasteiger partial charge in [0.05, 0.1) is 24.4 Å². The Morgan fingerprint density at radius 2 is 1.76 bits per heavy atom. The van der Waals surface area contributed by atoms with E-state index in [2.05, 4.69) is 0 Å². The Morgan fingerprint density at radius 3 is 2.29 bits per heavy atom. The molecule has 10 heteroatoms. The summed E-state index contributed by atoms with van der Waals surface area (Å²) in [6.07, 6.45) is -4.61. The SMILES string of the molecule is NCC(F)(F)CNS(=O)(=O)Cc1cccc(C(F)(F)F)c1. The van der Waals surface area contributed by atoms with Crippen molar-refractivity contribution >= 4 is 10.0 Å². The van der Waals surface area contributed by atoms with Crippen molar-refractivity contribution in [2.45, 2.75) is 17.9 Å². The van der Waals surface area contributed by atoms with Crippen molar-refractivity contribution in [3.63, 3.8) is 0 Å². The van der Waals surface area contributed by atoms with Crippen molar-refractivity contribution in [2.24, 2.45) is 5.73 Å². The molecule has 1 aromatic carbocycles. The predicted octanol–water partition coefficient (Wildman–Crippen LogP) is 1.72. The Labute approximate surface area is 118 Å². The molecule has 0 amide bonds. The number of benzene rings is 1.